The van der Waals surface area contributed by atoms with Crippen LogP contribution in [0.25, 0.3) is 22.4 Å². The fourth-order valence-electron chi connectivity index (χ4n) is 3.70. The van der Waals surface area contributed by atoms with Crippen LogP contribution in [0.4, 0.5) is 0 Å². The number of morpholine rings is 1. The Hall–Kier alpha value is -2.32. The van der Waals surface area contributed by atoms with E-state index in [1.54, 1.807) is 24.3 Å². The van der Waals surface area contributed by atoms with Crippen LogP contribution in [-0.2, 0) is 4.74 Å². The molecule has 3 aromatic rings. The Morgan fingerprint density at radius 3 is 2.78 bits per heavy atom. The minimum atomic E-state index is -0.123. The number of benzene rings is 2. The van der Waals surface area contributed by atoms with Crippen molar-refractivity contribution < 1.29 is 14.3 Å². The number of hydrogen-bond donors (Lipinski definition) is 2. The van der Waals surface area contributed by atoms with Crippen LogP contribution >= 0.6 is 23.2 Å². The first-order chi connectivity index (χ1) is 15.5. The van der Waals surface area contributed by atoms with E-state index in [9.17, 15) is 4.79 Å². The molecule has 9 heteroatoms. The quantitative estimate of drug-likeness (QED) is 0.471. The lowest BCUT2D eigenvalue weighted by Crippen LogP contribution is -2.38. The van der Waals surface area contributed by atoms with Gasteiger partial charge in [0.15, 0.2) is 0 Å². The SMILES string of the molecule is CCOc1cc(C(=O)NCCCN2CCOCC2)ccc1-c1nc2cc(Cl)c(Cl)cc2[nH]1. The van der Waals surface area contributed by atoms with Crippen LogP contribution in [0.1, 0.15) is 23.7 Å². The summed E-state index contributed by atoms with van der Waals surface area (Å²) in [6.07, 6.45) is 0.895. The number of carbonyl (C=O) groups excluding carboxylic acids is 1. The van der Waals surface area contributed by atoms with E-state index >= 15 is 0 Å². The number of rotatable bonds is 8. The third kappa shape index (κ3) is 5.35. The van der Waals surface area contributed by atoms with Gasteiger partial charge >= 0.3 is 0 Å². The molecule has 1 amide bonds. The molecule has 4 rings (SSSR count). The largest absolute Gasteiger partial charge is 0.493 e. The van der Waals surface area contributed by atoms with Gasteiger partial charge in [-0.3, -0.25) is 9.69 Å². The smallest absolute Gasteiger partial charge is 0.251 e. The van der Waals surface area contributed by atoms with Gasteiger partial charge in [0.1, 0.15) is 11.6 Å². The summed E-state index contributed by atoms with van der Waals surface area (Å²) in [5, 5.41) is 3.90. The fourth-order valence-corrected chi connectivity index (χ4v) is 4.02. The van der Waals surface area contributed by atoms with E-state index in [1.807, 2.05) is 13.0 Å². The summed E-state index contributed by atoms with van der Waals surface area (Å²) in [6, 6.07) is 8.84. The molecule has 0 spiro atoms. The Bertz CT molecular complexity index is 1060. The van der Waals surface area contributed by atoms with Gasteiger partial charge < -0.3 is 19.8 Å². The molecule has 32 heavy (non-hydrogen) atoms. The van der Waals surface area contributed by atoms with Gasteiger partial charge in [0.05, 0.1) is 46.5 Å². The highest BCUT2D eigenvalue weighted by atomic mass is 35.5. The highest BCUT2D eigenvalue weighted by Crippen LogP contribution is 2.33. The van der Waals surface area contributed by atoms with Crippen LogP contribution in [0, 0.1) is 0 Å². The summed E-state index contributed by atoms with van der Waals surface area (Å²) in [4.78, 5) is 22.9. The molecule has 0 aliphatic carbocycles. The van der Waals surface area contributed by atoms with E-state index in [-0.39, 0.29) is 5.91 Å². The molecular weight excluding hydrogens is 451 g/mol. The van der Waals surface area contributed by atoms with Gasteiger partial charge in [-0.1, -0.05) is 23.2 Å². The Morgan fingerprint density at radius 2 is 2.00 bits per heavy atom. The van der Waals surface area contributed by atoms with E-state index in [1.165, 1.54) is 0 Å². The zero-order valence-electron chi connectivity index (χ0n) is 17.9. The summed E-state index contributed by atoms with van der Waals surface area (Å²) in [7, 11) is 0. The molecule has 0 bridgehead atoms. The van der Waals surface area contributed by atoms with Crippen molar-refractivity contribution in [3.8, 4) is 17.1 Å². The Morgan fingerprint density at radius 1 is 1.22 bits per heavy atom. The van der Waals surface area contributed by atoms with Crippen LogP contribution in [0.3, 0.4) is 0 Å². The Labute approximate surface area is 197 Å². The number of ether oxygens (including phenoxy) is 2. The van der Waals surface area contributed by atoms with Crippen molar-refractivity contribution in [2.24, 2.45) is 0 Å². The van der Waals surface area contributed by atoms with E-state index in [2.05, 4.69) is 20.2 Å². The number of aromatic amines is 1. The number of aromatic nitrogens is 2. The van der Waals surface area contributed by atoms with Crippen LogP contribution in [0.2, 0.25) is 10.0 Å². The predicted molar refractivity (Wildman–Crippen MR) is 127 cm³/mol. The number of nitrogens with one attached hydrogen (secondary N) is 2. The fraction of sp³-hybridized carbons (Fsp3) is 0.391. The Kier molecular flexibility index (Phi) is 7.52. The number of halogens is 2. The van der Waals surface area contributed by atoms with Crippen molar-refractivity contribution in [2.45, 2.75) is 13.3 Å². The summed E-state index contributed by atoms with van der Waals surface area (Å²) in [5.41, 5.74) is 2.79. The van der Waals surface area contributed by atoms with Crippen LogP contribution in [0.15, 0.2) is 30.3 Å². The van der Waals surface area contributed by atoms with Crippen LogP contribution in [-0.4, -0.2) is 66.8 Å². The maximum Gasteiger partial charge on any atom is 0.251 e. The number of nitrogens with zero attached hydrogens (tertiary/aromatic N) is 2. The van der Waals surface area contributed by atoms with E-state index < -0.39 is 0 Å². The monoisotopic (exact) mass is 476 g/mol. The van der Waals surface area contributed by atoms with Crippen LogP contribution in [0.5, 0.6) is 5.75 Å². The van der Waals surface area contributed by atoms with Gasteiger partial charge in [-0.15, -0.1) is 0 Å². The lowest BCUT2D eigenvalue weighted by atomic mass is 10.1. The minimum Gasteiger partial charge on any atom is -0.493 e. The third-order valence-corrected chi connectivity index (χ3v) is 6.09. The molecule has 2 heterocycles. The first-order valence-electron chi connectivity index (χ1n) is 10.8. The van der Waals surface area contributed by atoms with Gasteiger partial charge in [0.2, 0.25) is 0 Å². The van der Waals surface area contributed by atoms with Crippen molar-refractivity contribution in [1.29, 1.82) is 0 Å². The van der Waals surface area contributed by atoms with Gasteiger partial charge in [0.25, 0.3) is 5.91 Å². The summed E-state index contributed by atoms with van der Waals surface area (Å²) in [6.45, 7) is 7.41. The zero-order chi connectivity index (χ0) is 22.5. The lowest BCUT2D eigenvalue weighted by molar-refractivity contribution is 0.0374. The van der Waals surface area contributed by atoms with E-state index in [4.69, 9.17) is 32.7 Å². The highest BCUT2D eigenvalue weighted by molar-refractivity contribution is 6.42. The predicted octanol–water partition coefficient (Wildman–Crippen LogP) is 4.39. The van der Waals surface area contributed by atoms with Crippen LogP contribution < -0.4 is 10.1 Å². The molecule has 1 fully saturated rings. The van der Waals surface area contributed by atoms with Gasteiger partial charge in [-0.25, -0.2) is 4.98 Å². The molecule has 7 nitrogen and oxygen atoms in total. The van der Waals surface area contributed by atoms with Crippen molar-refractivity contribution in [2.75, 3.05) is 46.0 Å². The second kappa shape index (κ2) is 10.5. The average Bonchev–Trinajstić information content (AvgIpc) is 3.20. The molecule has 2 N–H and O–H groups in total. The number of hydrogen-bond acceptors (Lipinski definition) is 5. The highest BCUT2D eigenvalue weighted by Gasteiger charge is 2.16. The van der Waals surface area contributed by atoms with Gasteiger partial charge in [-0.2, -0.15) is 0 Å². The lowest BCUT2D eigenvalue weighted by Gasteiger charge is -2.26. The number of carbonyl (C=O) groups is 1. The summed E-state index contributed by atoms with van der Waals surface area (Å²) >= 11 is 12.2. The van der Waals surface area contributed by atoms with Gasteiger partial charge in [-0.05, 0) is 50.2 Å². The molecule has 0 atom stereocenters. The van der Waals surface area contributed by atoms with Gasteiger partial charge in [0, 0.05) is 25.2 Å². The molecule has 0 saturated carbocycles. The molecule has 1 aliphatic heterocycles. The standard InChI is InChI=1S/C23H26Cl2N4O3/c1-2-32-21-12-15(23(30)26-6-3-7-29-8-10-31-11-9-29)4-5-16(21)22-27-19-13-17(24)18(25)14-20(19)28-22/h4-5,12-14H,2-3,6-11H2,1H3,(H,26,30)(H,27,28). The molecular formula is C23H26Cl2N4O3. The second-order valence-electron chi connectivity index (χ2n) is 7.58. The van der Waals surface area contributed by atoms with Crippen molar-refractivity contribution in [3.05, 3.63) is 45.9 Å². The van der Waals surface area contributed by atoms with Crippen molar-refractivity contribution >= 4 is 40.1 Å². The maximum atomic E-state index is 12.7. The summed E-state index contributed by atoms with van der Waals surface area (Å²) in [5.74, 6) is 1.09. The molecule has 1 aromatic heterocycles. The Balaban J connectivity index is 1.45. The topological polar surface area (TPSA) is 79.5 Å². The molecule has 1 aliphatic rings. The van der Waals surface area contributed by atoms with Crippen molar-refractivity contribution in [1.82, 2.24) is 20.2 Å². The number of amides is 1. The second-order valence-corrected chi connectivity index (χ2v) is 8.39. The molecule has 0 radical (unpaired) electrons. The average molecular weight is 477 g/mol. The normalized spacial score (nSPS) is 14.6. The summed E-state index contributed by atoms with van der Waals surface area (Å²) < 4.78 is 11.2. The zero-order valence-corrected chi connectivity index (χ0v) is 19.4. The van der Waals surface area contributed by atoms with E-state index in [0.29, 0.717) is 45.9 Å². The first kappa shape index (κ1) is 22.9. The first-order valence-corrected chi connectivity index (χ1v) is 11.5. The molecule has 0 unspecified atom stereocenters. The number of H-pyrrole nitrogens is 1. The molecule has 1 saturated heterocycles. The third-order valence-electron chi connectivity index (χ3n) is 5.36. The molecule has 170 valence electrons. The maximum absolute atomic E-state index is 12.7. The van der Waals surface area contributed by atoms with Crippen molar-refractivity contribution in [3.63, 3.8) is 0 Å². The molecule has 2 aromatic carbocycles. The minimum absolute atomic E-state index is 0.123. The van der Waals surface area contributed by atoms with E-state index in [0.717, 1.165) is 50.3 Å². The number of imidazole rings is 1. The number of fused-ring (bicyclic) bond motifs is 1.